The summed E-state index contributed by atoms with van der Waals surface area (Å²) in [6.07, 6.45) is 3.31. The normalized spacial score (nSPS) is 12.7. The number of furan rings is 1. The van der Waals surface area contributed by atoms with Crippen LogP contribution in [0, 0.1) is 13.8 Å². The van der Waals surface area contributed by atoms with E-state index < -0.39 is 0 Å². The molecule has 0 aliphatic carbocycles. The molecule has 0 fully saturated rings. The molecule has 0 bridgehead atoms. The maximum absolute atomic E-state index is 12.5. The number of nitrogens with one attached hydrogen (secondary N) is 1. The molecule has 0 radical (unpaired) electrons. The minimum absolute atomic E-state index is 0.0747. The summed E-state index contributed by atoms with van der Waals surface area (Å²) in [6, 6.07) is 3.76. The molecule has 0 amide bonds. The number of fused-ring (bicyclic) bond motifs is 1. The quantitative estimate of drug-likeness (QED) is 0.525. The molecule has 7 nitrogen and oxygen atoms in total. The van der Waals surface area contributed by atoms with Crippen LogP contribution in [0.25, 0.3) is 10.2 Å². The summed E-state index contributed by atoms with van der Waals surface area (Å²) in [5.41, 5.74) is 0.917. The van der Waals surface area contributed by atoms with Gasteiger partial charge in [-0.2, -0.15) is 0 Å². The van der Waals surface area contributed by atoms with Crippen LogP contribution >= 0.6 is 23.1 Å². The van der Waals surface area contributed by atoms with Gasteiger partial charge in [-0.1, -0.05) is 11.8 Å². The van der Waals surface area contributed by atoms with Gasteiger partial charge in [-0.25, -0.2) is 4.98 Å². The maximum Gasteiger partial charge on any atom is 0.259 e. The summed E-state index contributed by atoms with van der Waals surface area (Å²) in [6.45, 7) is 6.52. The highest BCUT2D eigenvalue weighted by molar-refractivity contribution is 7.99. The van der Waals surface area contributed by atoms with E-state index in [1.54, 1.807) is 23.9 Å². The number of rotatable bonds is 5. The standard InChI is InChI=1S/C17H17N5O2S2/c1-9-10(2)25-16-13(9)15(23)19-14(20-16)11(3)26-17-21-18-8-22(17)7-12-5-4-6-24-12/h4-6,8,11H,7H2,1-3H3,(H,19,20,23). The van der Waals surface area contributed by atoms with Crippen molar-refractivity contribution < 1.29 is 4.42 Å². The zero-order valence-corrected chi connectivity index (χ0v) is 16.1. The van der Waals surface area contributed by atoms with Gasteiger partial charge in [0.2, 0.25) is 0 Å². The Balaban J connectivity index is 1.61. The van der Waals surface area contributed by atoms with Gasteiger partial charge in [0, 0.05) is 4.88 Å². The van der Waals surface area contributed by atoms with E-state index in [2.05, 4.69) is 20.2 Å². The molecule has 0 aliphatic heterocycles. The second-order valence-electron chi connectivity index (χ2n) is 6.00. The van der Waals surface area contributed by atoms with Gasteiger partial charge in [0.05, 0.1) is 23.4 Å². The molecule has 1 N–H and O–H groups in total. The van der Waals surface area contributed by atoms with Crippen LogP contribution in [0.5, 0.6) is 0 Å². The van der Waals surface area contributed by atoms with Gasteiger partial charge < -0.3 is 14.0 Å². The first kappa shape index (κ1) is 17.0. The van der Waals surface area contributed by atoms with E-state index in [1.165, 1.54) is 11.8 Å². The monoisotopic (exact) mass is 387 g/mol. The molecule has 26 heavy (non-hydrogen) atoms. The van der Waals surface area contributed by atoms with E-state index in [1.807, 2.05) is 37.5 Å². The minimum atomic E-state index is -0.0867. The van der Waals surface area contributed by atoms with Gasteiger partial charge in [-0.05, 0) is 38.5 Å². The van der Waals surface area contributed by atoms with Crippen molar-refractivity contribution in [2.24, 2.45) is 0 Å². The van der Waals surface area contributed by atoms with Crippen molar-refractivity contribution in [1.82, 2.24) is 24.7 Å². The highest BCUT2D eigenvalue weighted by atomic mass is 32.2. The number of H-pyrrole nitrogens is 1. The predicted molar refractivity (Wildman–Crippen MR) is 102 cm³/mol. The first-order chi connectivity index (χ1) is 12.5. The van der Waals surface area contributed by atoms with Gasteiger partial charge in [0.1, 0.15) is 22.7 Å². The SMILES string of the molecule is Cc1sc2nc(C(C)Sc3nncn3Cc3ccco3)[nH]c(=O)c2c1C. The van der Waals surface area contributed by atoms with Crippen LogP contribution in [0.1, 0.15) is 34.2 Å². The van der Waals surface area contributed by atoms with Crippen molar-refractivity contribution in [3.63, 3.8) is 0 Å². The molecule has 4 aromatic heterocycles. The van der Waals surface area contributed by atoms with Crippen LogP contribution in [0.4, 0.5) is 0 Å². The molecular weight excluding hydrogens is 370 g/mol. The van der Waals surface area contributed by atoms with Crippen LogP contribution in [0.2, 0.25) is 0 Å². The fraction of sp³-hybridized carbons (Fsp3) is 0.294. The average molecular weight is 387 g/mol. The Bertz CT molecular complexity index is 1110. The van der Waals surface area contributed by atoms with Crippen LogP contribution in [0.15, 0.2) is 39.1 Å². The fourth-order valence-electron chi connectivity index (χ4n) is 2.69. The molecule has 0 aromatic carbocycles. The van der Waals surface area contributed by atoms with Crippen LogP contribution in [-0.4, -0.2) is 24.7 Å². The molecule has 0 saturated heterocycles. The summed E-state index contributed by atoms with van der Waals surface area (Å²) in [4.78, 5) is 22.0. The molecule has 0 spiro atoms. The lowest BCUT2D eigenvalue weighted by molar-refractivity contribution is 0.484. The van der Waals surface area contributed by atoms with Crippen molar-refractivity contribution >= 4 is 33.3 Å². The molecule has 4 heterocycles. The first-order valence-corrected chi connectivity index (χ1v) is 9.79. The van der Waals surface area contributed by atoms with Gasteiger partial charge in [0.25, 0.3) is 5.56 Å². The number of hydrogen-bond acceptors (Lipinski definition) is 7. The van der Waals surface area contributed by atoms with E-state index in [-0.39, 0.29) is 10.8 Å². The van der Waals surface area contributed by atoms with Crippen molar-refractivity contribution in [2.75, 3.05) is 0 Å². The topological polar surface area (TPSA) is 89.6 Å². The van der Waals surface area contributed by atoms with Gasteiger partial charge >= 0.3 is 0 Å². The Morgan fingerprint density at radius 1 is 1.42 bits per heavy atom. The third kappa shape index (κ3) is 3.08. The molecule has 1 unspecified atom stereocenters. The van der Waals surface area contributed by atoms with Crippen molar-refractivity contribution in [1.29, 1.82) is 0 Å². The van der Waals surface area contributed by atoms with Gasteiger partial charge in [-0.15, -0.1) is 21.5 Å². The van der Waals surface area contributed by atoms with E-state index in [0.717, 1.165) is 26.2 Å². The smallest absolute Gasteiger partial charge is 0.259 e. The Hall–Kier alpha value is -2.39. The zero-order valence-electron chi connectivity index (χ0n) is 14.5. The lowest BCUT2D eigenvalue weighted by Crippen LogP contribution is -2.12. The van der Waals surface area contributed by atoms with Crippen LogP contribution < -0.4 is 5.56 Å². The molecular formula is C17H17N5O2S2. The van der Waals surface area contributed by atoms with Crippen molar-refractivity contribution in [3.05, 3.63) is 57.1 Å². The highest BCUT2D eigenvalue weighted by Gasteiger charge is 2.18. The zero-order chi connectivity index (χ0) is 18.3. The minimum Gasteiger partial charge on any atom is -0.467 e. The lowest BCUT2D eigenvalue weighted by atomic mass is 10.2. The van der Waals surface area contributed by atoms with E-state index in [9.17, 15) is 4.79 Å². The molecule has 4 rings (SSSR count). The highest BCUT2D eigenvalue weighted by Crippen LogP contribution is 2.33. The summed E-state index contributed by atoms with van der Waals surface area (Å²) in [7, 11) is 0. The van der Waals surface area contributed by atoms with Gasteiger partial charge in [0.15, 0.2) is 5.16 Å². The maximum atomic E-state index is 12.5. The fourth-order valence-corrected chi connectivity index (χ4v) is 4.61. The molecule has 0 aliphatic rings. The number of aryl methyl sites for hydroxylation is 2. The Kier molecular flexibility index (Phi) is 4.41. The second-order valence-corrected chi connectivity index (χ2v) is 8.51. The van der Waals surface area contributed by atoms with E-state index in [0.29, 0.717) is 17.8 Å². The molecule has 134 valence electrons. The Morgan fingerprint density at radius 3 is 3.04 bits per heavy atom. The number of aromatic nitrogens is 5. The van der Waals surface area contributed by atoms with Crippen LogP contribution in [-0.2, 0) is 6.54 Å². The molecule has 0 saturated carbocycles. The number of thioether (sulfide) groups is 1. The number of aromatic amines is 1. The van der Waals surface area contributed by atoms with Crippen LogP contribution in [0.3, 0.4) is 0 Å². The summed E-state index contributed by atoms with van der Waals surface area (Å²) >= 11 is 3.05. The Labute approximate surface area is 157 Å². The third-order valence-electron chi connectivity index (χ3n) is 4.21. The second kappa shape index (κ2) is 6.73. The number of hydrogen-bond donors (Lipinski definition) is 1. The predicted octanol–water partition coefficient (Wildman–Crippen LogP) is 3.69. The summed E-state index contributed by atoms with van der Waals surface area (Å²) in [5.74, 6) is 1.47. The largest absolute Gasteiger partial charge is 0.467 e. The van der Waals surface area contributed by atoms with Gasteiger partial charge in [-0.3, -0.25) is 4.79 Å². The summed E-state index contributed by atoms with van der Waals surface area (Å²) in [5, 5.41) is 9.53. The Morgan fingerprint density at radius 2 is 2.27 bits per heavy atom. The molecule has 1 atom stereocenters. The molecule has 4 aromatic rings. The van der Waals surface area contributed by atoms with E-state index >= 15 is 0 Å². The van der Waals surface area contributed by atoms with Crippen molar-refractivity contribution in [3.8, 4) is 0 Å². The third-order valence-corrected chi connectivity index (χ3v) is 6.42. The van der Waals surface area contributed by atoms with E-state index in [4.69, 9.17) is 4.42 Å². The van der Waals surface area contributed by atoms with Crippen molar-refractivity contribution in [2.45, 2.75) is 37.7 Å². The molecule has 9 heteroatoms. The number of thiophene rings is 1. The number of nitrogens with zero attached hydrogens (tertiary/aromatic N) is 4. The average Bonchev–Trinajstić information content (AvgIpc) is 3.32. The lowest BCUT2D eigenvalue weighted by Gasteiger charge is -2.10. The first-order valence-electron chi connectivity index (χ1n) is 8.09. The summed E-state index contributed by atoms with van der Waals surface area (Å²) < 4.78 is 7.30.